The molecule has 44 heavy (non-hydrogen) atoms. The first kappa shape index (κ1) is 32.7. The van der Waals surface area contributed by atoms with E-state index < -0.39 is 77.9 Å². The molecule has 242 valence electrons. The van der Waals surface area contributed by atoms with Crippen molar-refractivity contribution in [3.8, 4) is 0 Å². The van der Waals surface area contributed by atoms with E-state index in [1.165, 1.54) is 35.1 Å². The van der Waals surface area contributed by atoms with Crippen LogP contribution in [0.25, 0.3) is 11.2 Å². The van der Waals surface area contributed by atoms with Crippen LogP contribution in [-0.4, -0.2) is 116 Å². The predicted octanol–water partition coefficient (Wildman–Crippen LogP) is -1.58. The average molecular weight is 664 g/mol. The number of anilines is 1. The third-order valence-corrected chi connectivity index (χ3v) is 9.61. The molecular formula is C22H30N6O14P2. The fraction of sp³-hybridized carbons (Fsp3) is 0.545. The number of fused-ring (bicyclic) bond motifs is 1. The summed E-state index contributed by atoms with van der Waals surface area (Å²) in [5.74, 6) is -0.154. The van der Waals surface area contributed by atoms with Crippen molar-refractivity contribution in [3.63, 3.8) is 0 Å². The Kier molecular flexibility index (Phi) is 9.37. The molecule has 22 heteroatoms. The lowest BCUT2D eigenvalue weighted by atomic mass is 10.1. The van der Waals surface area contributed by atoms with Gasteiger partial charge in [0.05, 0.1) is 19.5 Å². The fourth-order valence-electron chi connectivity index (χ4n) is 4.75. The molecule has 0 aromatic carbocycles. The maximum Gasteiger partial charge on any atom is 0.481 e. The van der Waals surface area contributed by atoms with Gasteiger partial charge in [-0.15, -0.1) is 0 Å². The number of aromatic nitrogens is 4. The number of ketones is 1. The van der Waals surface area contributed by atoms with Crippen LogP contribution in [0.4, 0.5) is 5.82 Å². The summed E-state index contributed by atoms with van der Waals surface area (Å²) in [6, 6.07) is 0. The molecular weight excluding hydrogens is 634 g/mol. The molecule has 2 aromatic rings. The van der Waals surface area contributed by atoms with Gasteiger partial charge in [-0.2, -0.15) is 4.31 Å². The summed E-state index contributed by atoms with van der Waals surface area (Å²) in [6.45, 7) is -0.389. The van der Waals surface area contributed by atoms with Gasteiger partial charge >= 0.3 is 15.6 Å². The number of aliphatic hydroxyl groups is 4. The smallest absolute Gasteiger partial charge is 0.387 e. The van der Waals surface area contributed by atoms with E-state index in [1.807, 2.05) is 0 Å². The highest BCUT2D eigenvalue weighted by molar-refractivity contribution is 7.61. The number of rotatable bonds is 11. The van der Waals surface area contributed by atoms with Crippen molar-refractivity contribution in [3.05, 3.63) is 36.7 Å². The Labute approximate surface area is 248 Å². The van der Waals surface area contributed by atoms with E-state index in [1.54, 1.807) is 6.08 Å². The zero-order valence-electron chi connectivity index (χ0n) is 22.8. The lowest BCUT2D eigenvalue weighted by Crippen LogP contribution is -2.40. The van der Waals surface area contributed by atoms with Crippen LogP contribution < -0.4 is 5.73 Å². The largest absolute Gasteiger partial charge is 0.481 e. The van der Waals surface area contributed by atoms with Gasteiger partial charge in [-0.1, -0.05) is 6.08 Å². The highest BCUT2D eigenvalue weighted by Crippen LogP contribution is 2.60. The van der Waals surface area contributed by atoms with Crippen LogP contribution in [0.2, 0.25) is 0 Å². The highest BCUT2D eigenvalue weighted by Gasteiger charge is 2.48. The van der Waals surface area contributed by atoms with Gasteiger partial charge in [0.2, 0.25) is 0 Å². The summed E-state index contributed by atoms with van der Waals surface area (Å²) in [7, 11) is -10.7. The molecule has 3 aliphatic heterocycles. The van der Waals surface area contributed by atoms with E-state index in [0.717, 1.165) is 6.33 Å². The van der Waals surface area contributed by atoms with Crippen molar-refractivity contribution in [2.24, 2.45) is 0 Å². The standard InChI is InChI=1S/C22H30N6O14P2/c1-10(29)11-3-2-4-27(5-11)21-17(32)15(30)12(40-21)6-38-43(34,35)42-44(36,37)39-7-13-16(31)18(33)22(41-13)28-9-26-14-19(23)24-8-25-20(14)28/h2,4-5,8-9,12-13,15-18,21-22,30-33H,3,6-7H2,1H3,(H,34,35)(H,36,37)(H2,23,24,25)/t12-,13+,15?,16-,17+,18?,21-,22+/m1/s1. The number of hydrogen-bond donors (Lipinski definition) is 7. The van der Waals surface area contributed by atoms with Gasteiger partial charge in [0, 0.05) is 18.0 Å². The molecule has 2 aromatic heterocycles. The maximum absolute atomic E-state index is 12.4. The zero-order chi connectivity index (χ0) is 32.0. The van der Waals surface area contributed by atoms with Gasteiger partial charge in [0.25, 0.3) is 0 Å². The molecule has 8 N–H and O–H groups in total. The summed E-state index contributed by atoms with van der Waals surface area (Å²) in [6.07, 6.45) is -4.30. The van der Waals surface area contributed by atoms with Crippen LogP contribution in [0.3, 0.4) is 0 Å². The molecule has 10 atom stereocenters. The van der Waals surface area contributed by atoms with E-state index in [-0.39, 0.29) is 22.8 Å². The predicted molar refractivity (Wildman–Crippen MR) is 143 cm³/mol. The van der Waals surface area contributed by atoms with E-state index >= 15 is 0 Å². The van der Waals surface area contributed by atoms with Crippen LogP contribution >= 0.6 is 15.6 Å². The number of hydrogen-bond acceptors (Lipinski definition) is 17. The molecule has 0 aliphatic carbocycles. The molecule has 0 saturated carbocycles. The van der Waals surface area contributed by atoms with Gasteiger partial charge in [-0.3, -0.25) is 18.4 Å². The van der Waals surface area contributed by atoms with Gasteiger partial charge in [-0.05, 0) is 13.3 Å². The molecule has 3 aliphatic rings. The minimum atomic E-state index is -5.35. The SMILES string of the molecule is CC(=O)C1=CN([C@@H]2O[C@H](COP(=O)(O)OP(=O)(O)OC[C@@H]3O[C@H](n4cnc5c(N)ncnc54)C(O)[C@@H]3O)C(O)[C@@H]2O)C=CC1. The molecule has 5 rings (SSSR count). The quantitative estimate of drug-likeness (QED) is 0.133. The van der Waals surface area contributed by atoms with Crippen molar-refractivity contribution in [2.75, 3.05) is 18.9 Å². The monoisotopic (exact) mass is 664 g/mol. The van der Waals surface area contributed by atoms with E-state index in [2.05, 4.69) is 19.3 Å². The second-order valence-corrected chi connectivity index (χ2v) is 13.1. The van der Waals surface area contributed by atoms with Crippen molar-refractivity contribution in [2.45, 2.75) is 62.4 Å². The first-order chi connectivity index (χ1) is 20.7. The number of carbonyl (C=O) groups is 1. The molecule has 4 unspecified atom stereocenters. The molecule has 0 bridgehead atoms. The number of nitrogens with zero attached hydrogens (tertiary/aromatic N) is 5. The number of nitrogens with two attached hydrogens (primary N) is 1. The second-order valence-electron chi connectivity index (χ2n) is 10.0. The van der Waals surface area contributed by atoms with Crippen LogP contribution in [-0.2, 0) is 36.8 Å². The van der Waals surface area contributed by atoms with Crippen LogP contribution in [0.5, 0.6) is 0 Å². The summed E-state index contributed by atoms with van der Waals surface area (Å²) >= 11 is 0. The number of phosphoric acid groups is 2. The third-order valence-electron chi connectivity index (χ3n) is 7.01. The highest BCUT2D eigenvalue weighted by atomic mass is 31.3. The molecule has 2 saturated heterocycles. The lowest BCUT2D eigenvalue weighted by Gasteiger charge is -2.28. The molecule has 5 heterocycles. The number of allylic oxidation sites excluding steroid dienone is 2. The summed E-state index contributed by atoms with van der Waals surface area (Å²) in [4.78, 5) is 45.0. The van der Waals surface area contributed by atoms with Crippen molar-refractivity contribution >= 4 is 38.4 Å². The first-order valence-corrected chi connectivity index (χ1v) is 15.9. The number of phosphoric ester groups is 2. The normalized spacial score (nSPS) is 33.3. The molecule has 20 nitrogen and oxygen atoms in total. The summed E-state index contributed by atoms with van der Waals surface area (Å²) in [5, 5.41) is 41.7. The number of nitrogen functional groups attached to an aromatic ring is 1. The Bertz CT molecular complexity index is 1550. The van der Waals surface area contributed by atoms with Crippen LogP contribution in [0.1, 0.15) is 19.6 Å². The second kappa shape index (κ2) is 12.6. The number of carbonyl (C=O) groups excluding carboxylic acids is 1. The van der Waals surface area contributed by atoms with Crippen LogP contribution in [0, 0.1) is 0 Å². The van der Waals surface area contributed by atoms with Crippen molar-refractivity contribution < 1.29 is 67.0 Å². The minimum absolute atomic E-state index is 0.0558. The van der Waals surface area contributed by atoms with Crippen LogP contribution in [0.15, 0.2) is 36.7 Å². The molecule has 0 spiro atoms. The summed E-state index contributed by atoms with van der Waals surface area (Å²) < 4.78 is 50.9. The van der Waals surface area contributed by atoms with Crippen molar-refractivity contribution in [1.82, 2.24) is 24.4 Å². The lowest BCUT2D eigenvalue weighted by molar-refractivity contribution is -0.114. The number of ether oxygens (including phenoxy) is 2. The van der Waals surface area contributed by atoms with Gasteiger partial charge in [0.15, 0.2) is 29.7 Å². The zero-order valence-corrected chi connectivity index (χ0v) is 24.6. The maximum atomic E-state index is 12.4. The van der Waals surface area contributed by atoms with Crippen molar-refractivity contribution in [1.29, 1.82) is 0 Å². The fourth-order valence-corrected chi connectivity index (χ4v) is 6.84. The Morgan fingerprint density at radius 3 is 2.18 bits per heavy atom. The minimum Gasteiger partial charge on any atom is -0.387 e. The van der Waals surface area contributed by atoms with E-state index in [4.69, 9.17) is 24.3 Å². The van der Waals surface area contributed by atoms with E-state index in [9.17, 15) is 44.1 Å². The molecule has 2 fully saturated rings. The number of Topliss-reactive ketones (excluding diaryl/α,β-unsaturated/α-hetero) is 1. The Morgan fingerprint density at radius 1 is 0.977 bits per heavy atom. The Balaban J connectivity index is 1.15. The Morgan fingerprint density at radius 2 is 1.57 bits per heavy atom. The average Bonchev–Trinajstić information content (AvgIpc) is 3.61. The first-order valence-electron chi connectivity index (χ1n) is 13.0. The molecule has 0 amide bonds. The van der Waals surface area contributed by atoms with Gasteiger partial charge in [-0.25, -0.2) is 24.1 Å². The van der Waals surface area contributed by atoms with Gasteiger partial charge in [0.1, 0.15) is 48.5 Å². The van der Waals surface area contributed by atoms with E-state index in [0.29, 0.717) is 12.0 Å². The third kappa shape index (κ3) is 6.77. The van der Waals surface area contributed by atoms with Gasteiger partial charge < -0.3 is 50.3 Å². The Hall–Kier alpha value is -2.68. The number of aliphatic hydroxyl groups excluding tert-OH is 4. The topological polar surface area (TPSA) is 292 Å². The number of imidazole rings is 1. The summed E-state index contributed by atoms with van der Waals surface area (Å²) in [5.41, 5.74) is 6.54. The molecule has 0 radical (unpaired) electrons.